The van der Waals surface area contributed by atoms with Crippen molar-refractivity contribution in [1.82, 2.24) is 10.6 Å². The number of rotatable bonds is 6. The minimum atomic E-state index is -0.309. The van der Waals surface area contributed by atoms with Gasteiger partial charge in [0.2, 0.25) is 5.91 Å². The maximum Gasteiger partial charge on any atom is 0.253 e. The SMILES string of the molecule is CC(C)CNC(=O)CCNC(=O)c1ccc(Cl)cc1N. The molecule has 0 atom stereocenters. The Labute approximate surface area is 123 Å². The van der Waals surface area contributed by atoms with Gasteiger partial charge in [-0.1, -0.05) is 25.4 Å². The molecular formula is C14H20ClN3O2. The molecular weight excluding hydrogens is 278 g/mol. The number of nitrogens with two attached hydrogens (primary N) is 1. The molecule has 0 saturated carbocycles. The van der Waals surface area contributed by atoms with Crippen molar-refractivity contribution < 1.29 is 9.59 Å². The summed E-state index contributed by atoms with van der Waals surface area (Å²) >= 11 is 5.76. The van der Waals surface area contributed by atoms with E-state index in [4.69, 9.17) is 17.3 Å². The molecule has 110 valence electrons. The molecule has 5 nitrogen and oxygen atoms in total. The largest absolute Gasteiger partial charge is 0.398 e. The zero-order valence-corrected chi connectivity index (χ0v) is 12.5. The molecule has 0 aliphatic rings. The van der Waals surface area contributed by atoms with Gasteiger partial charge in [-0.2, -0.15) is 0 Å². The summed E-state index contributed by atoms with van der Waals surface area (Å²) in [7, 11) is 0. The summed E-state index contributed by atoms with van der Waals surface area (Å²) in [5, 5.41) is 5.92. The van der Waals surface area contributed by atoms with E-state index in [1.165, 1.54) is 6.07 Å². The normalized spacial score (nSPS) is 10.4. The molecule has 0 fully saturated rings. The Kier molecular flexibility index (Phi) is 6.31. The van der Waals surface area contributed by atoms with Crippen molar-refractivity contribution in [1.29, 1.82) is 0 Å². The van der Waals surface area contributed by atoms with Crippen LogP contribution in [0.4, 0.5) is 5.69 Å². The van der Waals surface area contributed by atoms with Gasteiger partial charge in [0.15, 0.2) is 0 Å². The number of anilines is 1. The highest BCUT2D eigenvalue weighted by molar-refractivity contribution is 6.31. The lowest BCUT2D eigenvalue weighted by Gasteiger charge is -2.09. The molecule has 0 spiro atoms. The Morgan fingerprint density at radius 3 is 2.60 bits per heavy atom. The highest BCUT2D eigenvalue weighted by Crippen LogP contribution is 2.17. The van der Waals surface area contributed by atoms with Crippen molar-refractivity contribution in [2.75, 3.05) is 18.8 Å². The number of nitrogens with one attached hydrogen (secondary N) is 2. The summed E-state index contributed by atoms with van der Waals surface area (Å²) in [5.74, 6) is 0.0151. The topological polar surface area (TPSA) is 84.2 Å². The van der Waals surface area contributed by atoms with Gasteiger partial charge in [-0.25, -0.2) is 0 Å². The number of nitrogen functional groups attached to an aromatic ring is 1. The van der Waals surface area contributed by atoms with Gasteiger partial charge >= 0.3 is 0 Å². The molecule has 4 N–H and O–H groups in total. The summed E-state index contributed by atoms with van der Waals surface area (Å²) in [6.07, 6.45) is 0.242. The van der Waals surface area contributed by atoms with Gasteiger partial charge in [-0.15, -0.1) is 0 Å². The standard InChI is InChI=1S/C14H20ClN3O2/c1-9(2)8-18-13(19)5-6-17-14(20)11-4-3-10(15)7-12(11)16/h3-4,7,9H,5-6,8,16H2,1-2H3,(H,17,20)(H,18,19). The van der Waals surface area contributed by atoms with Crippen molar-refractivity contribution in [3.8, 4) is 0 Å². The third-order valence-corrected chi connectivity index (χ3v) is 2.84. The average molecular weight is 298 g/mol. The van der Waals surface area contributed by atoms with Crippen molar-refractivity contribution in [3.05, 3.63) is 28.8 Å². The number of hydrogen-bond donors (Lipinski definition) is 3. The van der Waals surface area contributed by atoms with Gasteiger partial charge < -0.3 is 16.4 Å². The molecule has 0 radical (unpaired) electrons. The first-order valence-electron chi connectivity index (χ1n) is 6.50. The van der Waals surface area contributed by atoms with E-state index in [1.807, 2.05) is 13.8 Å². The molecule has 0 unspecified atom stereocenters. The van der Waals surface area contributed by atoms with Crippen molar-refractivity contribution in [2.24, 2.45) is 5.92 Å². The molecule has 0 heterocycles. The van der Waals surface area contributed by atoms with E-state index in [0.29, 0.717) is 28.7 Å². The number of amides is 2. The van der Waals surface area contributed by atoms with Crippen LogP contribution in [0.1, 0.15) is 30.6 Å². The molecule has 6 heteroatoms. The minimum absolute atomic E-state index is 0.0805. The second-order valence-electron chi connectivity index (χ2n) is 4.94. The second-order valence-corrected chi connectivity index (χ2v) is 5.37. The second kappa shape index (κ2) is 7.75. The molecule has 20 heavy (non-hydrogen) atoms. The number of carbonyl (C=O) groups is 2. The first-order chi connectivity index (χ1) is 9.40. The third kappa shape index (κ3) is 5.48. The number of carbonyl (C=O) groups excluding carboxylic acids is 2. The van der Waals surface area contributed by atoms with Crippen LogP contribution in [0.2, 0.25) is 5.02 Å². The van der Waals surface area contributed by atoms with Crippen LogP contribution in [0.15, 0.2) is 18.2 Å². The molecule has 1 rings (SSSR count). The monoisotopic (exact) mass is 297 g/mol. The van der Waals surface area contributed by atoms with Crippen LogP contribution in [-0.4, -0.2) is 24.9 Å². The van der Waals surface area contributed by atoms with Gasteiger partial charge in [-0.3, -0.25) is 9.59 Å². The van der Waals surface area contributed by atoms with E-state index in [-0.39, 0.29) is 24.8 Å². The Hall–Kier alpha value is -1.75. The summed E-state index contributed by atoms with van der Waals surface area (Å²) in [5.41, 5.74) is 6.39. The Bertz CT molecular complexity index is 489. The molecule has 1 aromatic carbocycles. The Morgan fingerprint density at radius 1 is 1.30 bits per heavy atom. The van der Waals surface area contributed by atoms with Crippen LogP contribution in [0.5, 0.6) is 0 Å². The minimum Gasteiger partial charge on any atom is -0.398 e. The average Bonchev–Trinajstić information content (AvgIpc) is 2.36. The van der Waals surface area contributed by atoms with Gasteiger partial charge in [0, 0.05) is 30.2 Å². The third-order valence-electron chi connectivity index (χ3n) is 2.60. The predicted octanol–water partition coefficient (Wildman–Crippen LogP) is 1.81. The van der Waals surface area contributed by atoms with Gasteiger partial charge in [-0.05, 0) is 24.1 Å². The Balaban J connectivity index is 2.38. The van der Waals surface area contributed by atoms with Crippen molar-refractivity contribution >= 4 is 29.1 Å². The summed E-state index contributed by atoms with van der Waals surface area (Å²) < 4.78 is 0. The number of hydrogen-bond acceptors (Lipinski definition) is 3. The van der Waals surface area contributed by atoms with Crippen LogP contribution in [-0.2, 0) is 4.79 Å². The summed E-state index contributed by atoms with van der Waals surface area (Å²) in [6, 6.07) is 4.68. The summed E-state index contributed by atoms with van der Waals surface area (Å²) in [6.45, 7) is 4.94. The molecule has 1 aromatic rings. The van der Waals surface area contributed by atoms with Crippen LogP contribution < -0.4 is 16.4 Å². The smallest absolute Gasteiger partial charge is 0.253 e. The van der Waals surface area contributed by atoms with E-state index in [0.717, 1.165) is 0 Å². The zero-order chi connectivity index (χ0) is 15.1. The zero-order valence-electron chi connectivity index (χ0n) is 11.7. The number of halogens is 1. The predicted molar refractivity (Wildman–Crippen MR) is 80.7 cm³/mol. The summed E-state index contributed by atoms with van der Waals surface area (Å²) in [4.78, 5) is 23.3. The highest BCUT2D eigenvalue weighted by Gasteiger charge is 2.10. The Morgan fingerprint density at radius 2 is 2.00 bits per heavy atom. The fraction of sp³-hybridized carbons (Fsp3) is 0.429. The quantitative estimate of drug-likeness (QED) is 0.700. The molecule has 0 aromatic heterocycles. The van der Waals surface area contributed by atoms with Crippen LogP contribution in [0.3, 0.4) is 0 Å². The highest BCUT2D eigenvalue weighted by atomic mass is 35.5. The van der Waals surface area contributed by atoms with E-state index in [1.54, 1.807) is 12.1 Å². The fourth-order valence-electron chi connectivity index (χ4n) is 1.53. The number of benzene rings is 1. The molecule has 0 saturated heterocycles. The lowest BCUT2D eigenvalue weighted by atomic mass is 10.1. The van der Waals surface area contributed by atoms with Gasteiger partial charge in [0.1, 0.15) is 0 Å². The maximum atomic E-state index is 11.9. The van der Waals surface area contributed by atoms with Crippen LogP contribution in [0, 0.1) is 5.92 Å². The van der Waals surface area contributed by atoms with Crippen LogP contribution >= 0.6 is 11.6 Å². The molecule has 0 aliphatic carbocycles. The fourth-order valence-corrected chi connectivity index (χ4v) is 1.71. The molecule has 0 bridgehead atoms. The lowest BCUT2D eigenvalue weighted by molar-refractivity contribution is -0.121. The molecule has 0 aliphatic heterocycles. The van der Waals surface area contributed by atoms with Crippen molar-refractivity contribution in [2.45, 2.75) is 20.3 Å². The van der Waals surface area contributed by atoms with E-state index < -0.39 is 0 Å². The van der Waals surface area contributed by atoms with E-state index in [9.17, 15) is 9.59 Å². The first-order valence-corrected chi connectivity index (χ1v) is 6.88. The van der Waals surface area contributed by atoms with Gasteiger partial charge in [0.05, 0.1) is 5.56 Å². The maximum absolute atomic E-state index is 11.9. The lowest BCUT2D eigenvalue weighted by Crippen LogP contribution is -2.32. The van der Waals surface area contributed by atoms with E-state index >= 15 is 0 Å². The first kappa shape index (κ1) is 16.3. The van der Waals surface area contributed by atoms with Gasteiger partial charge in [0.25, 0.3) is 5.91 Å². The van der Waals surface area contributed by atoms with Crippen molar-refractivity contribution in [3.63, 3.8) is 0 Å². The molecule has 2 amide bonds. The van der Waals surface area contributed by atoms with E-state index in [2.05, 4.69) is 10.6 Å². The van der Waals surface area contributed by atoms with Crippen LogP contribution in [0.25, 0.3) is 0 Å².